The smallest absolute Gasteiger partial charge is 0.124 e. The molecule has 13 heavy (non-hydrogen) atoms. The van der Waals surface area contributed by atoms with Crippen LogP contribution in [-0.4, -0.2) is 13.4 Å². The van der Waals surface area contributed by atoms with Gasteiger partial charge in [-0.3, -0.25) is 0 Å². The number of hydrogen-bond donors (Lipinski definition) is 0. The summed E-state index contributed by atoms with van der Waals surface area (Å²) in [6, 6.07) is 3.26. The molecule has 4 heteroatoms. The Hall–Kier alpha value is -0.730. The van der Waals surface area contributed by atoms with E-state index in [-0.39, 0.29) is 6.42 Å². The molecule has 0 saturated carbocycles. The van der Waals surface area contributed by atoms with E-state index in [1.807, 2.05) is 0 Å². The van der Waals surface area contributed by atoms with Gasteiger partial charge in [0.05, 0.1) is 7.11 Å². The number of rotatable bonds is 3. The zero-order valence-corrected chi connectivity index (χ0v) is 8.52. The molecule has 1 aromatic carbocycles. The number of aldehydes is 1. The van der Waals surface area contributed by atoms with E-state index in [0.717, 1.165) is 6.29 Å². The van der Waals surface area contributed by atoms with E-state index in [2.05, 4.69) is 0 Å². The monoisotopic (exact) mass is 218 g/mol. The Labute approximate surface area is 86.4 Å². The topological polar surface area (TPSA) is 26.3 Å². The predicted molar refractivity (Wildman–Crippen MR) is 52.8 cm³/mol. The van der Waals surface area contributed by atoms with E-state index in [1.54, 1.807) is 12.1 Å². The Morgan fingerprint density at radius 3 is 2.31 bits per heavy atom. The third kappa shape index (κ3) is 2.36. The molecule has 1 rings (SSSR count). The van der Waals surface area contributed by atoms with Gasteiger partial charge in [-0.05, 0) is 17.7 Å². The summed E-state index contributed by atoms with van der Waals surface area (Å²) >= 11 is 11.7. The Bertz CT molecular complexity index is 300. The van der Waals surface area contributed by atoms with Crippen LogP contribution in [0.3, 0.4) is 0 Å². The normalized spacial score (nSPS) is 9.77. The predicted octanol–water partition coefficient (Wildman–Crippen LogP) is 2.74. The highest BCUT2D eigenvalue weighted by Crippen LogP contribution is 2.29. The van der Waals surface area contributed by atoms with E-state index in [4.69, 9.17) is 27.9 Å². The van der Waals surface area contributed by atoms with Gasteiger partial charge in [-0.25, -0.2) is 0 Å². The highest BCUT2D eigenvalue weighted by Gasteiger charge is 2.07. The number of halogens is 2. The molecule has 0 saturated heterocycles. The van der Waals surface area contributed by atoms with Gasteiger partial charge in [-0.15, -0.1) is 0 Å². The number of hydrogen-bond acceptors (Lipinski definition) is 2. The zero-order chi connectivity index (χ0) is 9.84. The minimum atomic E-state index is 0.224. The quantitative estimate of drug-likeness (QED) is 0.730. The SMILES string of the molecule is COc1cc(Cl)c(CC=O)c(Cl)c1. The lowest BCUT2D eigenvalue weighted by atomic mass is 10.1. The molecule has 0 amide bonds. The summed E-state index contributed by atoms with van der Waals surface area (Å²) < 4.78 is 4.95. The average molecular weight is 219 g/mol. The Morgan fingerprint density at radius 1 is 1.38 bits per heavy atom. The Morgan fingerprint density at radius 2 is 1.92 bits per heavy atom. The molecular formula is C9H8Cl2O2. The highest BCUT2D eigenvalue weighted by atomic mass is 35.5. The first kappa shape index (κ1) is 10.4. The van der Waals surface area contributed by atoms with Crippen molar-refractivity contribution in [2.45, 2.75) is 6.42 Å². The molecule has 0 fully saturated rings. The Kier molecular flexibility index (Phi) is 3.58. The van der Waals surface area contributed by atoms with Gasteiger partial charge in [0.25, 0.3) is 0 Å². The molecular weight excluding hydrogens is 211 g/mol. The minimum absolute atomic E-state index is 0.224. The first-order valence-corrected chi connectivity index (χ1v) is 4.40. The fraction of sp³-hybridized carbons (Fsp3) is 0.222. The van der Waals surface area contributed by atoms with Crippen LogP contribution in [0.25, 0.3) is 0 Å². The molecule has 0 aromatic heterocycles. The van der Waals surface area contributed by atoms with Gasteiger partial charge in [0.15, 0.2) is 0 Å². The molecule has 0 heterocycles. The van der Waals surface area contributed by atoms with Crippen molar-refractivity contribution in [1.29, 1.82) is 0 Å². The molecule has 0 bridgehead atoms. The highest BCUT2D eigenvalue weighted by molar-refractivity contribution is 6.36. The van der Waals surface area contributed by atoms with Crippen molar-refractivity contribution in [3.05, 3.63) is 27.7 Å². The molecule has 0 aliphatic carbocycles. The van der Waals surface area contributed by atoms with Gasteiger partial charge in [-0.2, -0.15) is 0 Å². The van der Waals surface area contributed by atoms with Crippen LogP contribution in [-0.2, 0) is 11.2 Å². The number of carbonyl (C=O) groups is 1. The summed E-state index contributed by atoms with van der Waals surface area (Å²) in [5.41, 5.74) is 0.638. The maximum Gasteiger partial charge on any atom is 0.124 e. The van der Waals surface area contributed by atoms with Crippen molar-refractivity contribution in [3.63, 3.8) is 0 Å². The van der Waals surface area contributed by atoms with Crippen LogP contribution in [0.1, 0.15) is 5.56 Å². The third-order valence-electron chi connectivity index (χ3n) is 1.64. The molecule has 0 N–H and O–H groups in total. The van der Waals surface area contributed by atoms with Crippen LogP contribution in [0, 0.1) is 0 Å². The van der Waals surface area contributed by atoms with Crippen molar-refractivity contribution >= 4 is 29.5 Å². The van der Waals surface area contributed by atoms with Crippen LogP contribution >= 0.6 is 23.2 Å². The van der Waals surface area contributed by atoms with Crippen LogP contribution in [0.15, 0.2) is 12.1 Å². The molecule has 70 valence electrons. The van der Waals surface area contributed by atoms with Gasteiger partial charge >= 0.3 is 0 Å². The summed E-state index contributed by atoms with van der Waals surface area (Å²) in [7, 11) is 1.53. The van der Waals surface area contributed by atoms with Crippen LogP contribution in [0.5, 0.6) is 5.75 Å². The molecule has 0 atom stereocenters. The van der Waals surface area contributed by atoms with E-state index >= 15 is 0 Å². The summed E-state index contributed by atoms with van der Waals surface area (Å²) in [6.07, 6.45) is 0.987. The van der Waals surface area contributed by atoms with Crippen LogP contribution in [0.4, 0.5) is 0 Å². The fourth-order valence-corrected chi connectivity index (χ4v) is 1.60. The Balaban J connectivity index is 3.14. The van der Waals surface area contributed by atoms with Crippen molar-refractivity contribution < 1.29 is 9.53 Å². The van der Waals surface area contributed by atoms with Crippen molar-refractivity contribution in [3.8, 4) is 5.75 Å². The standard InChI is InChI=1S/C9H8Cl2O2/c1-13-6-4-8(10)7(2-3-12)9(11)5-6/h3-5H,2H2,1H3. The number of benzene rings is 1. The van der Waals surface area contributed by atoms with E-state index in [0.29, 0.717) is 21.4 Å². The second-order valence-corrected chi connectivity index (χ2v) is 3.25. The van der Waals surface area contributed by atoms with Crippen molar-refractivity contribution in [1.82, 2.24) is 0 Å². The lowest BCUT2D eigenvalue weighted by Gasteiger charge is -2.06. The summed E-state index contributed by atoms with van der Waals surface area (Å²) in [5.74, 6) is 0.588. The van der Waals surface area contributed by atoms with Crippen LogP contribution in [0.2, 0.25) is 10.0 Å². The molecule has 1 aromatic rings. The second-order valence-electron chi connectivity index (χ2n) is 2.44. The van der Waals surface area contributed by atoms with E-state index < -0.39 is 0 Å². The van der Waals surface area contributed by atoms with Gasteiger partial charge in [0, 0.05) is 16.5 Å². The lowest BCUT2D eigenvalue weighted by molar-refractivity contribution is -0.107. The minimum Gasteiger partial charge on any atom is -0.497 e. The zero-order valence-electron chi connectivity index (χ0n) is 7.01. The second kappa shape index (κ2) is 4.49. The average Bonchev–Trinajstić information content (AvgIpc) is 2.11. The maximum absolute atomic E-state index is 10.3. The molecule has 0 aliphatic rings. The van der Waals surface area contributed by atoms with Gasteiger partial charge in [0.2, 0.25) is 0 Å². The summed E-state index contributed by atoms with van der Waals surface area (Å²) in [4.78, 5) is 10.3. The first-order chi connectivity index (χ1) is 6.19. The molecule has 2 nitrogen and oxygen atoms in total. The summed E-state index contributed by atoms with van der Waals surface area (Å²) in [5, 5.41) is 0.910. The van der Waals surface area contributed by atoms with Crippen molar-refractivity contribution in [2.75, 3.05) is 7.11 Å². The summed E-state index contributed by atoms with van der Waals surface area (Å²) in [6.45, 7) is 0. The molecule has 0 spiro atoms. The van der Waals surface area contributed by atoms with Gasteiger partial charge in [-0.1, -0.05) is 23.2 Å². The first-order valence-electron chi connectivity index (χ1n) is 3.64. The fourth-order valence-electron chi connectivity index (χ4n) is 0.976. The maximum atomic E-state index is 10.3. The number of methoxy groups -OCH3 is 1. The molecule has 0 radical (unpaired) electrons. The largest absolute Gasteiger partial charge is 0.497 e. The van der Waals surface area contributed by atoms with Crippen LogP contribution < -0.4 is 4.74 Å². The number of carbonyl (C=O) groups excluding carboxylic acids is 1. The molecule has 0 aliphatic heterocycles. The van der Waals surface area contributed by atoms with E-state index in [9.17, 15) is 4.79 Å². The third-order valence-corrected chi connectivity index (χ3v) is 2.31. The van der Waals surface area contributed by atoms with Gasteiger partial charge < -0.3 is 9.53 Å². The van der Waals surface area contributed by atoms with Crippen molar-refractivity contribution in [2.24, 2.45) is 0 Å². The number of ether oxygens (including phenoxy) is 1. The van der Waals surface area contributed by atoms with E-state index in [1.165, 1.54) is 7.11 Å². The van der Waals surface area contributed by atoms with Gasteiger partial charge in [0.1, 0.15) is 12.0 Å². The molecule has 0 unspecified atom stereocenters. The lowest BCUT2D eigenvalue weighted by Crippen LogP contribution is -1.91.